The van der Waals surface area contributed by atoms with E-state index in [2.05, 4.69) is 0 Å². The molecule has 2 nitrogen and oxygen atoms in total. The molecule has 0 spiro atoms. The number of hydrogen-bond acceptors (Lipinski definition) is 1. The molecule has 1 aliphatic carbocycles. The summed E-state index contributed by atoms with van der Waals surface area (Å²) < 4.78 is 0. The highest BCUT2D eigenvalue weighted by molar-refractivity contribution is 5.87. The highest BCUT2D eigenvalue weighted by Crippen LogP contribution is 2.22. The Labute approximate surface area is 54.2 Å². The molecular formula is C7H10O2. The van der Waals surface area contributed by atoms with Crippen LogP contribution in [0.1, 0.15) is 19.8 Å². The van der Waals surface area contributed by atoms with Gasteiger partial charge in [-0.15, -0.1) is 0 Å². The van der Waals surface area contributed by atoms with Gasteiger partial charge in [-0.1, -0.05) is 13.0 Å². The van der Waals surface area contributed by atoms with Crippen molar-refractivity contribution >= 4 is 5.97 Å². The Balaban J connectivity index is 2.62. The van der Waals surface area contributed by atoms with Crippen molar-refractivity contribution in [1.82, 2.24) is 0 Å². The first-order valence-electron chi connectivity index (χ1n) is 3.14. The molecule has 0 aromatic heterocycles. The van der Waals surface area contributed by atoms with Crippen LogP contribution in [0.25, 0.3) is 0 Å². The summed E-state index contributed by atoms with van der Waals surface area (Å²) in [7, 11) is 0. The second kappa shape index (κ2) is 2.21. The summed E-state index contributed by atoms with van der Waals surface area (Å²) in [4.78, 5) is 10.3. The van der Waals surface area contributed by atoms with Gasteiger partial charge in [0.05, 0.1) is 0 Å². The van der Waals surface area contributed by atoms with Gasteiger partial charge in [0.15, 0.2) is 0 Å². The van der Waals surface area contributed by atoms with Crippen molar-refractivity contribution in [1.29, 1.82) is 0 Å². The molecule has 1 atom stereocenters. The van der Waals surface area contributed by atoms with Crippen LogP contribution >= 0.6 is 0 Å². The zero-order valence-electron chi connectivity index (χ0n) is 5.42. The normalized spacial score (nSPS) is 25.9. The van der Waals surface area contributed by atoms with Gasteiger partial charge in [0.25, 0.3) is 0 Å². The van der Waals surface area contributed by atoms with Gasteiger partial charge in [-0.05, 0) is 18.8 Å². The zero-order valence-corrected chi connectivity index (χ0v) is 5.42. The van der Waals surface area contributed by atoms with Crippen molar-refractivity contribution < 1.29 is 9.90 Å². The molecule has 0 fully saturated rings. The molecule has 0 heterocycles. The monoisotopic (exact) mass is 126 g/mol. The Morgan fingerprint density at radius 1 is 1.89 bits per heavy atom. The minimum Gasteiger partial charge on any atom is -0.478 e. The van der Waals surface area contributed by atoms with Crippen molar-refractivity contribution in [2.24, 2.45) is 5.92 Å². The molecule has 0 radical (unpaired) electrons. The van der Waals surface area contributed by atoms with Gasteiger partial charge in [-0.3, -0.25) is 0 Å². The molecular weight excluding hydrogens is 116 g/mol. The van der Waals surface area contributed by atoms with Crippen LogP contribution in [0.5, 0.6) is 0 Å². The van der Waals surface area contributed by atoms with E-state index in [4.69, 9.17) is 5.11 Å². The maximum Gasteiger partial charge on any atom is 0.331 e. The Morgan fingerprint density at radius 2 is 2.56 bits per heavy atom. The molecule has 0 aromatic rings. The summed E-state index contributed by atoms with van der Waals surface area (Å²) in [6, 6.07) is 0. The molecule has 1 N–H and O–H groups in total. The lowest BCUT2D eigenvalue weighted by Crippen LogP contribution is -1.95. The molecule has 0 aromatic carbocycles. The van der Waals surface area contributed by atoms with Crippen LogP contribution in [0.4, 0.5) is 0 Å². The first kappa shape index (κ1) is 6.33. The van der Waals surface area contributed by atoms with E-state index in [1.165, 1.54) is 0 Å². The summed E-state index contributed by atoms with van der Waals surface area (Å²) in [6.07, 6.45) is 3.58. The lowest BCUT2D eigenvalue weighted by Gasteiger charge is -1.89. The molecule has 0 saturated carbocycles. The van der Waals surface area contributed by atoms with Crippen molar-refractivity contribution in [2.45, 2.75) is 19.8 Å². The van der Waals surface area contributed by atoms with Gasteiger partial charge in [-0.25, -0.2) is 4.79 Å². The number of allylic oxidation sites excluding steroid dienone is 1. The largest absolute Gasteiger partial charge is 0.478 e. The van der Waals surface area contributed by atoms with Crippen LogP contribution in [-0.2, 0) is 4.79 Å². The zero-order chi connectivity index (χ0) is 6.85. The maximum atomic E-state index is 10.3. The number of carboxylic acid groups (broad SMARTS) is 1. The van der Waals surface area contributed by atoms with E-state index in [0.717, 1.165) is 12.8 Å². The summed E-state index contributed by atoms with van der Waals surface area (Å²) >= 11 is 0. The molecule has 2 heteroatoms. The Hall–Kier alpha value is -0.790. The molecule has 0 saturated heterocycles. The van der Waals surface area contributed by atoms with Crippen LogP contribution < -0.4 is 0 Å². The minimum absolute atomic E-state index is 0.469. The molecule has 0 amide bonds. The van der Waals surface area contributed by atoms with E-state index in [0.29, 0.717) is 11.5 Å². The average molecular weight is 126 g/mol. The predicted octanol–water partition coefficient (Wildman–Crippen LogP) is 1.43. The fourth-order valence-corrected chi connectivity index (χ4v) is 1.07. The highest BCUT2D eigenvalue weighted by Gasteiger charge is 2.15. The standard InChI is InChI=1S/C7H10O2/c1-5-2-3-6(4-5)7(8)9/h4-5H,2-3H2,1H3,(H,8,9)/t5-/m0/s1. The first-order valence-corrected chi connectivity index (χ1v) is 3.14. The fourth-order valence-electron chi connectivity index (χ4n) is 1.07. The Kier molecular flexibility index (Phi) is 1.56. The second-order valence-corrected chi connectivity index (χ2v) is 2.51. The van der Waals surface area contributed by atoms with Crippen LogP contribution in [0.3, 0.4) is 0 Å². The number of aliphatic carboxylic acids is 1. The van der Waals surface area contributed by atoms with Gasteiger partial charge in [0.2, 0.25) is 0 Å². The van der Waals surface area contributed by atoms with Gasteiger partial charge in [0.1, 0.15) is 0 Å². The number of rotatable bonds is 1. The molecule has 0 unspecified atom stereocenters. The SMILES string of the molecule is C[C@@H]1C=C(C(=O)O)CC1. The molecule has 0 bridgehead atoms. The molecule has 50 valence electrons. The van der Waals surface area contributed by atoms with Crippen LogP contribution in [0.2, 0.25) is 0 Å². The number of hydrogen-bond donors (Lipinski definition) is 1. The third-order valence-electron chi connectivity index (χ3n) is 1.63. The Morgan fingerprint density at radius 3 is 2.78 bits per heavy atom. The predicted molar refractivity (Wildman–Crippen MR) is 34.1 cm³/mol. The van der Waals surface area contributed by atoms with Crippen molar-refractivity contribution in [3.63, 3.8) is 0 Å². The smallest absolute Gasteiger partial charge is 0.331 e. The summed E-state index contributed by atoms with van der Waals surface area (Å²) in [5, 5.41) is 8.46. The van der Waals surface area contributed by atoms with Crippen LogP contribution in [-0.4, -0.2) is 11.1 Å². The molecule has 0 aliphatic heterocycles. The van der Waals surface area contributed by atoms with Gasteiger partial charge in [-0.2, -0.15) is 0 Å². The van der Waals surface area contributed by atoms with E-state index in [9.17, 15) is 4.79 Å². The van der Waals surface area contributed by atoms with E-state index in [1.54, 1.807) is 0 Å². The lowest BCUT2D eigenvalue weighted by molar-refractivity contribution is -0.132. The topological polar surface area (TPSA) is 37.3 Å². The lowest BCUT2D eigenvalue weighted by atomic mass is 10.2. The first-order chi connectivity index (χ1) is 4.20. The number of carboxylic acids is 1. The van der Waals surface area contributed by atoms with Crippen molar-refractivity contribution in [3.8, 4) is 0 Å². The average Bonchev–Trinajstić information content (AvgIpc) is 2.14. The maximum absolute atomic E-state index is 10.3. The van der Waals surface area contributed by atoms with Crippen LogP contribution in [0.15, 0.2) is 11.6 Å². The third-order valence-corrected chi connectivity index (χ3v) is 1.63. The van der Waals surface area contributed by atoms with Crippen molar-refractivity contribution in [2.75, 3.05) is 0 Å². The fraction of sp³-hybridized carbons (Fsp3) is 0.571. The van der Waals surface area contributed by atoms with E-state index in [1.807, 2.05) is 13.0 Å². The quantitative estimate of drug-likeness (QED) is 0.577. The molecule has 1 rings (SSSR count). The van der Waals surface area contributed by atoms with Gasteiger partial charge >= 0.3 is 5.97 Å². The number of carbonyl (C=O) groups is 1. The van der Waals surface area contributed by atoms with Gasteiger partial charge < -0.3 is 5.11 Å². The van der Waals surface area contributed by atoms with E-state index < -0.39 is 5.97 Å². The second-order valence-electron chi connectivity index (χ2n) is 2.51. The Bertz CT molecular complexity index is 158. The summed E-state index contributed by atoms with van der Waals surface area (Å²) in [6.45, 7) is 2.04. The third kappa shape index (κ3) is 1.31. The molecule has 9 heavy (non-hydrogen) atoms. The van der Waals surface area contributed by atoms with E-state index in [-0.39, 0.29) is 0 Å². The summed E-state index contributed by atoms with van der Waals surface area (Å²) in [5.74, 6) is -0.282. The molecule has 1 aliphatic rings. The van der Waals surface area contributed by atoms with E-state index >= 15 is 0 Å². The van der Waals surface area contributed by atoms with Crippen LogP contribution in [0, 0.1) is 5.92 Å². The highest BCUT2D eigenvalue weighted by atomic mass is 16.4. The van der Waals surface area contributed by atoms with Gasteiger partial charge in [0, 0.05) is 5.57 Å². The summed E-state index contributed by atoms with van der Waals surface area (Å²) in [5.41, 5.74) is 0.586. The minimum atomic E-state index is -0.751. The van der Waals surface area contributed by atoms with Crippen molar-refractivity contribution in [3.05, 3.63) is 11.6 Å².